The van der Waals surface area contributed by atoms with Crippen LogP contribution in [0.5, 0.6) is 6.01 Å². The Bertz CT molecular complexity index is 929. The quantitative estimate of drug-likeness (QED) is 0.644. The molecule has 0 atom stereocenters. The molecule has 27 heavy (non-hydrogen) atoms. The van der Waals surface area contributed by atoms with Gasteiger partial charge >= 0.3 is 12.2 Å². The number of halogens is 4. The van der Waals surface area contributed by atoms with E-state index in [0.717, 1.165) is 12.1 Å². The summed E-state index contributed by atoms with van der Waals surface area (Å²) in [5, 5.41) is 2.72. The van der Waals surface area contributed by atoms with E-state index >= 15 is 0 Å². The van der Waals surface area contributed by atoms with Crippen LogP contribution in [0.15, 0.2) is 48.5 Å². The van der Waals surface area contributed by atoms with E-state index in [2.05, 4.69) is 20.3 Å². The molecule has 0 aliphatic rings. The van der Waals surface area contributed by atoms with E-state index in [1.54, 1.807) is 6.92 Å². The summed E-state index contributed by atoms with van der Waals surface area (Å²) in [6, 6.07) is 10.1. The van der Waals surface area contributed by atoms with Crippen LogP contribution in [0.3, 0.4) is 0 Å². The van der Waals surface area contributed by atoms with Crippen molar-refractivity contribution in [3.05, 3.63) is 59.9 Å². The fourth-order valence-electron chi connectivity index (χ4n) is 2.24. The second-order valence-electron chi connectivity index (χ2n) is 5.41. The molecule has 0 aliphatic heterocycles. The first kappa shape index (κ1) is 18.6. The van der Waals surface area contributed by atoms with Crippen molar-refractivity contribution in [2.75, 3.05) is 11.9 Å². The topological polar surface area (TPSA) is 59.9 Å². The summed E-state index contributed by atoms with van der Waals surface area (Å²) in [4.78, 5) is 12.4. The molecule has 0 radical (unpaired) electrons. The number of nitrogens with zero attached hydrogens (tertiary/aromatic N) is 3. The normalized spacial score (nSPS) is 11.3. The SMILES string of the molecule is CCOc1nc(Nc2cccc(C(F)(F)F)c2)nc(-c2ccc(F)cc2)n1. The molecule has 0 aliphatic carbocycles. The minimum Gasteiger partial charge on any atom is -0.464 e. The Morgan fingerprint density at radius 3 is 2.41 bits per heavy atom. The van der Waals surface area contributed by atoms with E-state index in [9.17, 15) is 17.6 Å². The summed E-state index contributed by atoms with van der Waals surface area (Å²) < 4.78 is 57.0. The highest BCUT2D eigenvalue weighted by molar-refractivity contribution is 5.60. The number of hydrogen-bond acceptors (Lipinski definition) is 5. The number of nitrogens with one attached hydrogen (secondary N) is 1. The number of anilines is 2. The lowest BCUT2D eigenvalue weighted by Gasteiger charge is -2.11. The van der Waals surface area contributed by atoms with Gasteiger partial charge in [0, 0.05) is 11.3 Å². The van der Waals surface area contributed by atoms with Crippen molar-refractivity contribution in [2.24, 2.45) is 0 Å². The predicted octanol–water partition coefficient (Wildman–Crippen LogP) is 4.84. The third-order valence-electron chi connectivity index (χ3n) is 3.44. The van der Waals surface area contributed by atoms with Crippen molar-refractivity contribution in [2.45, 2.75) is 13.1 Å². The zero-order chi connectivity index (χ0) is 19.4. The van der Waals surface area contributed by atoms with Crippen LogP contribution < -0.4 is 10.1 Å². The summed E-state index contributed by atoms with van der Waals surface area (Å²) >= 11 is 0. The summed E-state index contributed by atoms with van der Waals surface area (Å²) in [5.74, 6) is -0.213. The van der Waals surface area contributed by atoms with Gasteiger partial charge in [0.05, 0.1) is 12.2 Å². The fourth-order valence-corrected chi connectivity index (χ4v) is 2.24. The van der Waals surface area contributed by atoms with Crippen LogP contribution in [-0.2, 0) is 6.18 Å². The molecule has 1 heterocycles. The number of aromatic nitrogens is 3. The maximum atomic E-state index is 13.1. The molecule has 0 saturated heterocycles. The van der Waals surface area contributed by atoms with Crippen molar-refractivity contribution < 1.29 is 22.3 Å². The van der Waals surface area contributed by atoms with E-state index in [0.29, 0.717) is 5.56 Å². The van der Waals surface area contributed by atoms with Gasteiger partial charge in [-0.2, -0.15) is 28.1 Å². The number of rotatable bonds is 5. The molecule has 5 nitrogen and oxygen atoms in total. The molecule has 0 saturated carbocycles. The van der Waals surface area contributed by atoms with Crippen LogP contribution in [0, 0.1) is 5.82 Å². The predicted molar refractivity (Wildman–Crippen MR) is 91.1 cm³/mol. The van der Waals surface area contributed by atoms with Gasteiger partial charge < -0.3 is 10.1 Å². The minimum atomic E-state index is -4.47. The summed E-state index contributed by atoms with van der Waals surface area (Å²) in [6.45, 7) is 2.02. The molecule has 0 unspecified atom stereocenters. The van der Waals surface area contributed by atoms with Crippen molar-refractivity contribution in [1.82, 2.24) is 15.0 Å². The van der Waals surface area contributed by atoms with E-state index < -0.39 is 17.6 Å². The Kier molecular flexibility index (Phi) is 5.20. The molecule has 0 fully saturated rings. The van der Waals surface area contributed by atoms with Gasteiger partial charge in [-0.15, -0.1) is 0 Å². The summed E-state index contributed by atoms with van der Waals surface area (Å²) in [5.41, 5.74) is -0.138. The van der Waals surface area contributed by atoms with Crippen molar-refractivity contribution in [3.8, 4) is 17.4 Å². The summed E-state index contributed by atoms with van der Waals surface area (Å²) in [6.07, 6.45) is -4.47. The van der Waals surface area contributed by atoms with Gasteiger partial charge in [0.2, 0.25) is 5.95 Å². The zero-order valence-electron chi connectivity index (χ0n) is 14.1. The van der Waals surface area contributed by atoms with Gasteiger partial charge in [-0.1, -0.05) is 6.07 Å². The third kappa shape index (κ3) is 4.69. The van der Waals surface area contributed by atoms with Gasteiger partial charge in [-0.3, -0.25) is 0 Å². The molecule has 0 bridgehead atoms. The van der Waals surface area contributed by atoms with E-state index in [4.69, 9.17) is 4.74 Å². The van der Waals surface area contributed by atoms with Gasteiger partial charge in [0.1, 0.15) is 5.82 Å². The Morgan fingerprint density at radius 2 is 1.74 bits per heavy atom. The highest BCUT2D eigenvalue weighted by Gasteiger charge is 2.30. The second-order valence-corrected chi connectivity index (χ2v) is 5.41. The van der Waals surface area contributed by atoms with Gasteiger partial charge in [-0.25, -0.2) is 4.39 Å². The highest BCUT2D eigenvalue weighted by Crippen LogP contribution is 2.31. The number of benzene rings is 2. The second kappa shape index (κ2) is 7.56. The van der Waals surface area contributed by atoms with Crippen molar-refractivity contribution >= 4 is 11.6 Å². The number of hydrogen-bond donors (Lipinski definition) is 1. The maximum Gasteiger partial charge on any atom is 0.416 e. The molecule has 3 rings (SSSR count). The Balaban J connectivity index is 1.96. The average Bonchev–Trinajstić information content (AvgIpc) is 2.62. The largest absolute Gasteiger partial charge is 0.464 e. The minimum absolute atomic E-state index is 0.00120. The highest BCUT2D eigenvalue weighted by atomic mass is 19.4. The molecule has 9 heteroatoms. The standard InChI is InChI=1S/C18H14F4N4O/c1-2-27-17-25-15(11-6-8-13(19)9-7-11)24-16(26-17)23-14-5-3-4-12(10-14)18(20,21)22/h3-10H,2H2,1H3,(H,23,24,25,26). The van der Waals surface area contributed by atoms with Crippen molar-refractivity contribution in [1.29, 1.82) is 0 Å². The molecule has 0 spiro atoms. The molecule has 1 N–H and O–H groups in total. The smallest absolute Gasteiger partial charge is 0.416 e. The maximum absolute atomic E-state index is 13.1. The average molecular weight is 378 g/mol. The zero-order valence-corrected chi connectivity index (χ0v) is 14.1. The Labute approximate surface area is 152 Å². The molecule has 140 valence electrons. The molecule has 1 aromatic heterocycles. The van der Waals surface area contributed by atoms with E-state index in [1.807, 2.05) is 0 Å². The lowest BCUT2D eigenvalue weighted by atomic mass is 10.2. The lowest BCUT2D eigenvalue weighted by Crippen LogP contribution is -2.07. The lowest BCUT2D eigenvalue weighted by molar-refractivity contribution is -0.137. The summed E-state index contributed by atoms with van der Waals surface area (Å²) in [7, 11) is 0. The van der Waals surface area contributed by atoms with Gasteiger partial charge in [0.15, 0.2) is 5.82 Å². The Morgan fingerprint density at radius 1 is 1.00 bits per heavy atom. The number of ether oxygens (including phenoxy) is 1. The van der Waals surface area contributed by atoms with Crippen LogP contribution in [0.4, 0.5) is 29.2 Å². The first-order valence-corrected chi connectivity index (χ1v) is 7.94. The van der Waals surface area contributed by atoms with Crippen LogP contribution in [0.2, 0.25) is 0 Å². The molecular formula is C18H14F4N4O. The van der Waals surface area contributed by atoms with Crippen LogP contribution in [0.1, 0.15) is 12.5 Å². The molecule has 3 aromatic rings. The van der Waals surface area contributed by atoms with Gasteiger partial charge in [0.25, 0.3) is 0 Å². The van der Waals surface area contributed by atoms with Crippen molar-refractivity contribution in [3.63, 3.8) is 0 Å². The first-order chi connectivity index (χ1) is 12.8. The molecule has 0 amide bonds. The third-order valence-corrected chi connectivity index (χ3v) is 3.44. The van der Waals surface area contributed by atoms with Gasteiger partial charge in [-0.05, 0) is 49.4 Å². The fraction of sp³-hybridized carbons (Fsp3) is 0.167. The molecular weight excluding hydrogens is 364 g/mol. The Hall–Kier alpha value is -3.23. The monoisotopic (exact) mass is 378 g/mol. The van der Waals surface area contributed by atoms with Crippen LogP contribution >= 0.6 is 0 Å². The first-order valence-electron chi connectivity index (χ1n) is 7.94. The number of alkyl halides is 3. The van der Waals surface area contributed by atoms with Crippen LogP contribution in [0.25, 0.3) is 11.4 Å². The molecule has 2 aromatic carbocycles. The van der Waals surface area contributed by atoms with E-state index in [1.165, 1.54) is 36.4 Å². The van der Waals surface area contributed by atoms with Crippen LogP contribution in [-0.4, -0.2) is 21.6 Å². The van der Waals surface area contributed by atoms with E-state index in [-0.39, 0.29) is 30.1 Å².